The average Bonchev–Trinajstić information content (AvgIpc) is 2.28. The summed E-state index contributed by atoms with van der Waals surface area (Å²) in [7, 11) is 0. The first-order valence-corrected chi connectivity index (χ1v) is 5.60. The summed E-state index contributed by atoms with van der Waals surface area (Å²) >= 11 is 0. The molecule has 0 aliphatic heterocycles. The minimum absolute atomic E-state index is 0.255. The van der Waals surface area contributed by atoms with Gasteiger partial charge in [-0.1, -0.05) is 49.2 Å². The summed E-state index contributed by atoms with van der Waals surface area (Å²) in [5.41, 5.74) is 2.08. The molecule has 0 aliphatic rings. The van der Waals surface area contributed by atoms with Crippen molar-refractivity contribution >= 4 is 5.97 Å². The SMILES string of the molecule is CCC/C(C)=C/C(=O)OCc1ccccc1. The third kappa shape index (κ3) is 4.78. The van der Waals surface area contributed by atoms with Crippen molar-refractivity contribution < 1.29 is 9.53 Å². The number of allylic oxidation sites excluding steroid dienone is 1. The second-order valence-electron chi connectivity index (χ2n) is 3.83. The molecular formula is C14H18O2. The third-order valence-electron chi connectivity index (χ3n) is 2.23. The van der Waals surface area contributed by atoms with E-state index in [1.54, 1.807) is 6.08 Å². The maximum atomic E-state index is 11.4. The Morgan fingerprint density at radius 3 is 2.62 bits per heavy atom. The molecule has 0 aromatic heterocycles. The molecule has 0 saturated carbocycles. The zero-order valence-corrected chi connectivity index (χ0v) is 9.90. The van der Waals surface area contributed by atoms with E-state index in [4.69, 9.17) is 4.74 Å². The molecule has 0 aliphatic carbocycles. The molecule has 0 atom stereocenters. The first-order chi connectivity index (χ1) is 7.72. The van der Waals surface area contributed by atoms with E-state index in [0.717, 1.165) is 24.0 Å². The fourth-order valence-electron chi connectivity index (χ4n) is 1.44. The van der Waals surface area contributed by atoms with Crippen LogP contribution in [0.5, 0.6) is 0 Å². The van der Waals surface area contributed by atoms with E-state index in [2.05, 4.69) is 6.92 Å². The summed E-state index contributed by atoms with van der Waals surface area (Å²) in [5.74, 6) is -0.255. The van der Waals surface area contributed by atoms with Crippen molar-refractivity contribution in [1.82, 2.24) is 0 Å². The van der Waals surface area contributed by atoms with Gasteiger partial charge >= 0.3 is 5.97 Å². The zero-order chi connectivity index (χ0) is 11.8. The molecule has 86 valence electrons. The number of carbonyl (C=O) groups excluding carboxylic acids is 1. The van der Waals surface area contributed by atoms with Crippen LogP contribution in [0.15, 0.2) is 42.0 Å². The Bertz CT molecular complexity index is 352. The number of hydrogen-bond acceptors (Lipinski definition) is 2. The lowest BCUT2D eigenvalue weighted by molar-refractivity contribution is -0.139. The van der Waals surface area contributed by atoms with Crippen molar-refractivity contribution in [3.63, 3.8) is 0 Å². The second-order valence-corrected chi connectivity index (χ2v) is 3.83. The highest BCUT2D eigenvalue weighted by molar-refractivity contribution is 5.82. The number of carbonyl (C=O) groups is 1. The molecule has 0 saturated heterocycles. The monoisotopic (exact) mass is 218 g/mol. The van der Waals surface area contributed by atoms with E-state index in [1.807, 2.05) is 37.3 Å². The van der Waals surface area contributed by atoms with Crippen molar-refractivity contribution in [1.29, 1.82) is 0 Å². The largest absolute Gasteiger partial charge is 0.458 e. The second kappa shape index (κ2) is 6.83. The highest BCUT2D eigenvalue weighted by atomic mass is 16.5. The van der Waals surface area contributed by atoms with Crippen LogP contribution < -0.4 is 0 Å². The zero-order valence-electron chi connectivity index (χ0n) is 9.90. The van der Waals surface area contributed by atoms with Crippen molar-refractivity contribution in [2.24, 2.45) is 0 Å². The molecule has 2 heteroatoms. The van der Waals surface area contributed by atoms with Crippen LogP contribution in [-0.2, 0) is 16.1 Å². The van der Waals surface area contributed by atoms with Gasteiger partial charge in [0.1, 0.15) is 6.61 Å². The fraction of sp³-hybridized carbons (Fsp3) is 0.357. The summed E-state index contributed by atoms with van der Waals surface area (Å²) in [4.78, 5) is 11.4. The van der Waals surface area contributed by atoms with E-state index in [-0.39, 0.29) is 5.97 Å². The first-order valence-electron chi connectivity index (χ1n) is 5.60. The molecular weight excluding hydrogens is 200 g/mol. The predicted octanol–water partition coefficient (Wildman–Crippen LogP) is 3.48. The normalized spacial score (nSPS) is 11.2. The van der Waals surface area contributed by atoms with Gasteiger partial charge in [-0.2, -0.15) is 0 Å². The van der Waals surface area contributed by atoms with Gasteiger partial charge in [0.05, 0.1) is 0 Å². The Kier molecular flexibility index (Phi) is 5.34. The van der Waals surface area contributed by atoms with Crippen molar-refractivity contribution in [3.8, 4) is 0 Å². The van der Waals surface area contributed by atoms with Crippen LogP contribution in [-0.4, -0.2) is 5.97 Å². The molecule has 0 bridgehead atoms. The molecule has 1 rings (SSSR count). The Morgan fingerprint density at radius 1 is 1.31 bits per heavy atom. The number of benzene rings is 1. The molecule has 0 amide bonds. The smallest absolute Gasteiger partial charge is 0.331 e. The van der Waals surface area contributed by atoms with Crippen molar-refractivity contribution in [3.05, 3.63) is 47.5 Å². The van der Waals surface area contributed by atoms with E-state index in [1.165, 1.54) is 0 Å². The number of rotatable bonds is 5. The van der Waals surface area contributed by atoms with Gasteiger partial charge in [-0.15, -0.1) is 0 Å². The van der Waals surface area contributed by atoms with E-state index in [0.29, 0.717) is 6.61 Å². The van der Waals surface area contributed by atoms with E-state index in [9.17, 15) is 4.79 Å². The third-order valence-corrected chi connectivity index (χ3v) is 2.23. The summed E-state index contributed by atoms with van der Waals surface area (Å²) in [6, 6.07) is 9.69. The Hall–Kier alpha value is -1.57. The molecule has 2 nitrogen and oxygen atoms in total. The van der Waals surface area contributed by atoms with Crippen LogP contribution in [0.25, 0.3) is 0 Å². The van der Waals surface area contributed by atoms with Gasteiger partial charge in [-0.25, -0.2) is 4.79 Å². The fourth-order valence-corrected chi connectivity index (χ4v) is 1.44. The number of ether oxygens (including phenoxy) is 1. The topological polar surface area (TPSA) is 26.3 Å². The molecule has 16 heavy (non-hydrogen) atoms. The molecule has 0 unspecified atom stereocenters. The van der Waals surface area contributed by atoms with Crippen molar-refractivity contribution in [2.75, 3.05) is 0 Å². The molecule has 1 aromatic rings. The maximum absolute atomic E-state index is 11.4. The Morgan fingerprint density at radius 2 is 2.00 bits per heavy atom. The van der Waals surface area contributed by atoms with Crippen LogP contribution in [0.2, 0.25) is 0 Å². The predicted molar refractivity (Wildman–Crippen MR) is 64.9 cm³/mol. The molecule has 0 N–H and O–H groups in total. The lowest BCUT2D eigenvalue weighted by Crippen LogP contribution is -2.01. The van der Waals surface area contributed by atoms with Gasteiger partial charge in [-0.05, 0) is 18.9 Å². The standard InChI is InChI=1S/C14H18O2/c1-3-7-12(2)10-14(15)16-11-13-8-5-4-6-9-13/h4-6,8-10H,3,7,11H2,1-2H3/b12-10+. The molecule has 1 aromatic carbocycles. The summed E-state index contributed by atoms with van der Waals surface area (Å²) in [6.45, 7) is 4.38. The molecule has 0 radical (unpaired) electrons. The van der Waals surface area contributed by atoms with Gasteiger partial charge in [0, 0.05) is 6.08 Å². The van der Waals surface area contributed by atoms with Crippen molar-refractivity contribution in [2.45, 2.75) is 33.3 Å². The number of esters is 1. The summed E-state index contributed by atoms with van der Waals surface area (Å²) in [6.07, 6.45) is 3.57. The van der Waals surface area contributed by atoms with Gasteiger partial charge < -0.3 is 4.74 Å². The lowest BCUT2D eigenvalue weighted by atomic mass is 10.2. The minimum atomic E-state index is -0.255. The lowest BCUT2D eigenvalue weighted by Gasteiger charge is -2.02. The van der Waals surface area contributed by atoms with E-state index < -0.39 is 0 Å². The van der Waals surface area contributed by atoms with Crippen LogP contribution in [0.1, 0.15) is 32.3 Å². The van der Waals surface area contributed by atoms with Crippen LogP contribution in [0.4, 0.5) is 0 Å². The highest BCUT2D eigenvalue weighted by Crippen LogP contribution is 2.05. The summed E-state index contributed by atoms with van der Waals surface area (Å²) in [5, 5.41) is 0. The molecule has 0 fully saturated rings. The highest BCUT2D eigenvalue weighted by Gasteiger charge is 1.99. The Balaban J connectivity index is 2.39. The van der Waals surface area contributed by atoms with Crippen LogP contribution in [0.3, 0.4) is 0 Å². The van der Waals surface area contributed by atoms with Crippen LogP contribution in [0, 0.1) is 0 Å². The van der Waals surface area contributed by atoms with Gasteiger partial charge in [0.2, 0.25) is 0 Å². The van der Waals surface area contributed by atoms with Gasteiger partial charge in [-0.3, -0.25) is 0 Å². The summed E-state index contributed by atoms with van der Waals surface area (Å²) < 4.78 is 5.13. The van der Waals surface area contributed by atoms with E-state index >= 15 is 0 Å². The molecule has 0 spiro atoms. The molecule has 0 heterocycles. The van der Waals surface area contributed by atoms with Gasteiger partial charge in [0.15, 0.2) is 0 Å². The quantitative estimate of drug-likeness (QED) is 0.558. The Labute approximate surface area is 96.9 Å². The maximum Gasteiger partial charge on any atom is 0.331 e. The van der Waals surface area contributed by atoms with Gasteiger partial charge in [0.25, 0.3) is 0 Å². The average molecular weight is 218 g/mol. The number of hydrogen-bond donors (Lipinski definition) is 0. The first kappa shape index (κ1) is 12.5. The van der Waals surface area contributed by atoms with Crippen LogP contribution >= 0.6 is 0 Å². The minimum Gasteiger partial charge on any atom is -0.458 e.